The van der Waals surface area contributed by atoms with Gasteiger partial charge in [0.25, 0.3) is 0 Å². The molecule has 1 heterocycles. The lowest BCUT2D eigenvalue weighted by Gasteiger charge is -2.34. The fourth-order valence-electron chi connectivity index (χ4n) is 3.33. The molecule has 0 amide bonds. The van der Waals surface area contributed by atoms with Crippen molar-refractivity contribution >= 4 is 13.3 Å². The molecule has 1 aromatic rings. The van der Waals surface area contributed by atoms with Crippen LogP contribution in [-0.4, -0.2) is 19.8 Å². The van der Waals surface area contributed by atoms with E-state index in [9.17, 15) is 0 Å². The van der Waals surface area contributed by atoms with Crippen molar-refractivity contribution in [2.24, 2.45) is 0 Å². The van der Waals surface area contributed by atoms with Crippen LogP contribution in [0.3, 0.4) is 0 Å². The van der Waals surface area contributed by atoms with Gasteiger partial charge in [-0.25, -0.2) is 0 Å². The highest BCUT2D eigenvalue weighted by atomic mass is 28.3. The predicted molar refractivity (Wildman–Crippen MR) is 81.2 cm³/mol. The third kappa shape index (κ3) is 3.04. The maximum Gasteiger partial charge on any atom is 0.0834 e. The average molecular weight is 262 g/mol. The van der Waals surface area contributed by atoms with Gasteiger partial charge < -0.3 is 4.74 Å². The van der Waals surface area contributed by atoms with Crippen molar-refractivity contribution in [1.29, 1.82) is 0 Å². The Labute approximate surface area is 113 Å². The van der Waals surface area contributed by atoms with Gasteiger partial charge in [-0.1, -0.05) is 55.5 Å². The Morgan fingerprint density at radius 3 is 2.50 bits per heavy atom. The minimum absolute atomic E-state index is 0.117. The molecule has 0 aliphatic carbocycles. The fourth-order valence-corrected chi connectivity index (χ4v) is 6.76. The molecule has 2 atom stereocenters. The molecule has 0 bridgehead atoms. The minimum atomic E-state index is -1.38. The van der Waals surface area contributed by atoms with Crippen LogP contribution in [0.2, 0.25) is 19.1 Å². The van der Waals surface area contributed by atoms with Crippen molar-refractivity contribution in [2.75, 3.05) is 0 Å². The highest BCUT2D eigenvalue weighted by Gasteiger charge is 2.40. The standard InChI is InChI=1S/C16H26OSi/c1-5-14-11-12-16(2,17-14)13-18(3,4)15-9-7-6-8-10-15/h6-10,14H,5,11-13H2,1-4H3/t14-,16+/m0/s1. The molecule has 0 N–H and O–H groups in total. The Kier molecular flexibility index (Phi) is 3.98. The van der Waals surface area contributed by atoms with Crippen LogP contribution < -0.4 is 5.19 Å². The Morgan fingerprint density at radius 2 is 1.94 bits per heavy atom. The van der Waals surface area contributed by atoms with E-state index in [1.54, 1.807) is 5.19 Å². The van der Waals surface area contributed by atoms with Crippen LogP contribution >= 0.6 is 0 Å². The van der Waals surface area contributed by atoms with Crippen LogP contribution in [0.4, 0.5) is 0 Å². The van der Waals surface area contributed by atoms with Gasteiger partial charge in [0.15, 0.2) is 0 Å². The molecule has 18 heavy (non-hydrogen) atoms. The summed E-state index contributed by atoms with van der Waals surface area (Å²) in [6.07, 6.45) is 4.12. The van der Waals surface area contributed by atoms with E-state index in [2.05, 4.69) is 57.3 Å². The minimum Gasteiger partial charge on any atom is -0.372 e. The topological polar surface area (TPSA) is 9.23 Å². The van der Waals surface area contributed by atoms with Crippen molar-refractivity contribution < 1.29 is 4.74 Å². The van der Waals surface area contributed by atoms with E-state index in [1.807, 2.05) is 0 Å². The van der Waals surface area contributed by atoms with Gasteiger partial charge in [0.1, 0.15) is 0 Å². The molecule has 1 fully saturated rings. The van der Waals surface area contributed by atoms with E-state index < -0.39 is 8.07 Å². The smallest absolute Gasteiger partial charge is 0.0834 e. The Morgan fingerprint density at radius 1 is 1.28 bits per heavy atom. The van der Waals surface area contributed by atoms with Crippen molar-refractivity contribution in [2.45, 2.75) is 64.0 Å². The third-order valence-corrected chi connectivity index (χ3v) is 7.80. The zero-order valence-electron chi connectivity index (χ0n) is 12.2. The first-order valence-corrected chi connectivity index (χ1v) is 10.4. The number of rotatable bonds is 4. The zero-order chi connectivity index (χ0) is 13.2. The zero-order valence-corrected chi connectivity index (χ0v) is 13.2. The molecule has 2 heteroatoms. The number of ether oxygens (including phenoxy) is 1. The summed E-state index contributed by atoms with van der Waals surface area (Å²) in [6, 6.07) is 12.3. The van der Waals surface area contributed by atoms with Crippen LogP contribution in [0.5, 0.6) is 0 Å². The van der Waals surface area contributed by atoms with Crippen molar-refractivity contribution in [3.05, 3.63) is 30.3 Å². The van der Waals surface area contributed by atoms with E-state index in [0.29, 0.717) is 6.10 Å². The molecule has 1 aliphatic rings. The third-order valence-electron chi connectivity index (χ3n) is 4.27. The normalized spacial score (nSPS) is 28.6. The highest BCUT2D eigenvalue weighted by molar-refractivity contribution is 6.90. The summed E-state index contributed by atoms with van der Waals surface area (Å²) in [4.78, 5) is 0. The van der Waals surface area contributed by atoms with Crippen molar-refractivity contribution in [3.8, 4) is 0 Å². The molecule has 1 nitrogen and oxygen atoms in total. The SMILES string of the molecule is CC[C@H]1CC[C@](C)(C[Si](C)(C)c2ccccc2)O1. The molecule has 0 spiro atoms. The Balaban J connectivity index is 2.09. The molecular formula is C16H26OSi. The van der Waals surface area contributed by atoms with Crippen molar-refractivity contribution in [1.82, 2.24) is 0 Å². The lowest BCUT2D eigenvalue weighted by atomic mass is 10.0. The van der Waals surface area contributed by atoms with Gasteiger partial charge in [0.2, 0.25) is 0 Å². The average Bonchev–Trinajstić information content (AvgIpc) is 2.71. The van der Waals surface area contributed by atoms with Gasteiger partial charge in [-0.15, -0.1) is 0 Å². The van der Waals surface area contributed by atoms with Gasteiger partial charge in [-0.05, 0) is 32.2 Å². The quantitative estimate of drug-likeness (QED) is 0.747. The van der Waals surface area contributed by atoms with Crippen molar-refractivity contribution in [3.63, 3.8) is 0 Å². The first kappa shape index (κ1) is 13.8. The summed E-state index contributed by atoms with van der Waals surface area (Å²) < 4.78 is 6.29. The maximum absolute atomic E-state index is 6.29. The predicted octanol–water partition coefficient (Wildman–Crippen LogP) is 3.95. The second-order valence-corrected chi connectivity index (χ2v) is 11.3. The van der Waals surface area contributed by atoms with Crippen LogP contribution in [0.25, 0.3) is 0 Å². The lowest BCUT2D eigenvalue weighted by molar-refractivity contribution is -0.0168. The number of benzene rings is 1. The van der Waals surface area contributed by atoms with Gasteiger partial charge in [-0.3, -0.25) is 0 Å². The highest BCUT2D eigenvalue weighted by Crippen LogP contribution is 2.37. The Hall–Kier alpha value is -0.603. The van der Waals surface area contributed by atoms with E-state index in [1.165, 1.54) is 18.9 Å². The fraction of sp³-hybridized carbons (Fsp3) is 0.625. The summed E-state index contributed by atoms with van der Waals surface area (Å²) in [7, 11) is -1.38. The Bertz CT molecular complexity index is 387. The maximum atomic E-state index is 6.29. The summed E-state index contributed by atoms with van der Waals surface area (Å²) >= 11 is 0. The van der Waals surface area contributed by atoms with E-state index in [4.69, 9.17) is 4.74 Å². The second-order valence-electron chi connectivity index (χ2n) is 6.56. The molecule has 0 saturated carbocycles. The summed E-state index contributed by atoms with van der Waals surface area (Å²) in [5, 5.41) is 1.55. The lowest BCUT2D eigenvalue weighted by Crippen LogP contribution is -2.47. The van der Waals surface area contributed by atoms with E-state index in [-0.39, 0.29) is 5.60 Å². The van der Waals surface area contributed by atoms with Gasteiger partial charge in [0, 0.05) is 0 Å². The van der Waals surface area contributed by atoms with Crippen LogP contribution in [0, 0.1) is 0 Å². The number of hydrogen-bond donors (Lipinski definition) is 0. The van der Waals surface area contributed by atoms with Gasteiger partial charge in [0.05, 0.1) is 19.8 Å². The first-order valence-electron chi connectivity index (χ1n) is 7.18. The molecule has 1 aromatic carbocycles. The summed E-state index contributed by atoms with van der Waals surface area (Å²) in [6.45, 7) is 9.49. The van der Waals surface area contributed by atoms with Crippen LogP contribution in [0.15, 0.2) is 30.3 Å². The molecular weight excluding hydrogens is 236 g/mol. The molecule has 1 aliphatic heterocycles. The first-order chi connectivity index (χ1) is 8.45. The molecule has 0 unspecified atom stereocenters. The molecule has 2 rings (SSSR count). The van der Waals surface area contributed by atoms with Crippen LogP contribution in [0.1, 0.15) is 33.1 Å². The molecule has 1 saturated heterocycles. The van der Waals surface area contributed by atoms with Gasteiger partial charge >= 0.3 is 0 Å². The molecule has 0 aromatic heterocycles. The van der Waals surface area contributed by atoms with Gasteiger partial charge in [-0.2, -0.15) is 0 Å². The van der Waals surface area contributed by atoms with Crippen LogP contribution in [-0.2, 0) is 4.74 Å². The van der Waals surface area contributed by atoms with E-state index >= 15 is 0 Å². The molecule has 0 radical (unpaired) electrons. The summed E-state index contributed by atoms with van der Waals surface area (Å²) in [5.74, 6) is 0. The summed E-state index contributed by atoms with van der Waals surface area (Å²) in [5.41, 5.74) is 0.117. The molecule has 100 valence electrons. The monoisotopic (exact) mass is 262 g/mol. The largest absolute Gasteiger partial charge is 0.372 e. The number of hydrogen-bond acceptors (Lipinski definition) is 1. The second kappa shape index (κ2) is 5.18. The van der Waals surface area contributed by atoms with E-state index in [0.717, 1.165) is 6.42 Å².